The zero-order chi connectivity index (χ0) is 8.32. The van der Waals surface area contributed by atoms with Crippen LogP contribution >= 0.6 is 12.4 Å². The van der Waals surface area contributed by atoms with Gasteiger partial charge in [-0.15, -0.1) is 12.4 Å². The summed E-state index contributed by atoms with van der Waals surface area (Å²) in [7, 11) is -2.99. The summed E-state index contributed by atoms with van der Waals surface area (Å²) in [4.78, 5) is 0. The highest BCUT2D eigenvalue weighted by molar-refractivity contribution is 7.89. The third-order valence-corrected chi connectivity index (χ3v) is 3.24. The highest BCUT2D eigenvalue weighted by Crippen LogP contribution is 1.99. The molecule has 6 heteroatoms. The summed E-state index contributed by atoms with van der Waals surface area (Å²) in [6.45, 7) is 3.32. The van der Waals surface area contributed by atoms with Crippen LogP contribution in [0.4, 0.5) is 0 Å². The van der Waals surface area contributed by atoms with E-state index < -0.39 is 10.0 Å². The van der Waals surface area contributed by atoms with E-state index in [1.165, 1.54) is 0 Å². The van der Waals surface area contributed by atoms with Gasteiger partial charge in [0.15, 0.2) is 0 Å². The van der Waals surface area contributed by atoms with Gasteiger partial charge < -0.3 is 5.32 Å². The van der Waals surface area contributed by atoms with Crippen LogP contribution in [0.15, 0.2) is 0 Å². The molecule has 0 aliphatic carbocycles. The van der Waals surface area contributed by atoms with Gasteiger partial charge in [-0.25, -0.2) is 13.1 Å². The summed E-state index contributed by atoms with van der Waals surface area (Å²) < 4.78 is 24.6. The maximum Gasteiger partial charge on any atom is 0.211 e. The summed E-state index contributed by atoms with van der Waals surface area (Å²) in [5.74, 6) is 0.170. The van der Waals surface area contributed by atoms with Crippen molar-refractivity contribution in [1.82, 2.24) is 10.0 Å². The molecule has 1 aliphatic heterocycles. The average molecular weight is 215 g/mol. The Kier molecular flexibility index (Phi) is 5.08. The third kappa shape index (κ3) is 3.71. The minimum atomic E-state index is -2.99. The van der Waals surface area contributed by atoms with Gasteiger partial charge in [0.2, 0.25) is 10.0 Å². The molecule has 12 heavy (non-hydrogen) atoms. The van der Waals surface area contributed by atoms with Crippen molar-refractivity contribution in [1.29, 1.82) is 0 Å². The Morgan fingerprint density at radius 3 is 2.67 bits per heavy atom. The van der Waals surface area contributed by atoms with Crippen LogP contribution in [-0.4, -0.2) is 33.3 Å². The van der Waals surface area contributed by atoms with E-state index in [1.807, 2.05) is 0 Å². The summed E-state index contributed by atoms with van der Waals surface area (Å²) in [5.41, 5.74) is 0. The van der Waals surface area contributed by atoms with Crippen molar-refractivity contribution in [2.75, 3.05) is 18.8 Å². The highest BCUT2D eigenvalue weighted by atomic mass is 35.5. The van der Waals surface area contributed by atoms with Crippen molar-refractivity contribution in [2.24, 2.45) is 0 Å². The zero-order valence-corrected chi connectivity index (χ0v) is 8.67. The lowest BCUT2D eigenvalue weighted by Gasteiger charge is -2.09. The molecular formula is C6H15ClN2O2S. The normalized spacial score (nSPS) is 23.6. The van der Waals surface area contributed by atoms with Gasteiger partial charge in [0.1, 0.15) is 0 Å². The molecule has 2 N–H and O–H groups in total. The van der Waals surface area contributed by atoms with Gasteiger partial charge in [0.05, 0.1) is 5.75 Å². The fraction of sp³-hybridized carbons (Fsp3) is 1.00. The Hall–Kier alpha value is 0.160. The van der Waals surface area contributed by atoms with Gasteiger partial charge in [0, 0.05) is 12.6 Å². The van der Waals surface area contributed by atoms with Gasteiger partial charge >= 0.3 is 0 Å². The number of sulfonamides is 1. The second-order valence-electron chi connectivity index (χ2n) is 2.71. The molecule has 1 aliphatic rings. The first-order chi connectivity index (χ1) is 5.14. The van der Waals surface area contributed by atoms with Crippen LogP contribution in [0, 0.1) is 0 Å². The molecule has 0 spiro atoms. The van der Waals surface area contributed by atoms with Crippen molar-refractivity contribution < 1.29 is 8.42 Å². The van der Waals surface area contributed by atoms with E-state index in [1.54, 1.807) is 6.92 Å². The first kappa shape index (κ1) is 12.2. The molecule has 0 aromatic carbocycles. The third-order valence-electron chi connectivity index (χ3n) is 1.79. The van der Waals surface area contributed by atoms with E-state index in [2.05, 4.69) is 10.0 Å². The molecule has 0 aromatic heterocycles. The van der Waals surface area contributed by atoms with E-state index in [-0.39, 0.29) is 24.2 Å². The van der Waals surface area contributed by atoms with Crippen LogP contribution < -0.4 is 10.0 Å². The molecule has 1 rings (SSSR count). The van der Waals surface area contributed by atoms with E-state index in [0.29, 0.717) is 0 Å². The highest BCUT2D eigenvalue weighted by Gasteiger charge is 2.18. The number of hydrogen-bond acceptors (Lipinski definition) is 3. The summed E-state index contributed by atoms with van der Waals surface area (Å²) in [6, 6.07) is 0.111. The fourth-order valence-electron chi connectivity index (χ4n) is 1.09. The van der Waals surface area contributed by atoms with Gasteiger partial charge in [0.25, 0.3) is 0 Å². The Labute approximate surface area is 79.6 Å². The van der Waals surface area contributed by atoms with Crippen LogP contribution in [0.5, 0.6) is 0 Å². The molecule has 4 nitrogen and oxygen atoms in total. The number of nitrogens with one attached hydrogen (secondary N) is 2. The lowest BCUT2D eigenvalue weighted by atomic mass is 10.3. The molecule has 0 bridgehead atoms. The van der Waals surface area contributed by atoms with Crippen LogP contribution in [0.1, 0.15) is 13.3 Å². The number of halogens is 1. The second kappa shape index (κ2) is 5.01. The monoisotopic (exact) mass is 214 g/mol. The molecule has 0 radical (unpaired) electrons. The minimum Gasteiger partial charge on any atom is -0.315 e. The first-order valence-electron chi connectivity index (χ1n) is 3.85. The molecule has 0 saturated carbocycles. The zero-order valence-electron chi connectivity index (χ0n) is 7.04. The van der Waals surface area contributed by atoms with Crippen LogP contribution in [0.25, 0.3) is 0 Å². The van der Waals surface area contributed by atoms with E-state index >= 15 is 0 Å². The molecular weight excluding hydrogens is 200 g/mol. The quantitative estimate of drug-likeness (QED) is 0.679. The van der Waals surface area contributed by atoms with Crippen molar-refractivity contribution in [3.63, 3.8) is 0 Å². The van der Waals surface area contributed by atoms with Crippen LogP contribution in [0.3, 0.4) is 0 Å². The number of hydrogen-bond donors (Lipinski definition) is 2. The van der Waals surface area contributed by atoms with Gasteiger partial charge in [-0.2, -0.15) is 0 Å². The lowest BCUT2D eigenvalue weighted by molar-refractivity contribution is 0.561. The average Bonchev–Trinajstić information content (AvgIpc) is 2.39. The van der Waals surface area contributed by atoms with Gasteiger partial charge in [-0.3, -0.25) is 0 Å². The van der Waals surface area contributed by atoms with Crippen molar-refractivity contribution >= 4 is 22.4 Å². The standard InChI is InChI=1S/C6H14N2O2S.ClH/c1-2-11(9,10)8-6-3-4-7-5-6;/h6-8H,2-5H2,1H3;1H/t6-;/m1./s1. The Morgan fingerprint density at radius 2 is 2.25 bits per heavy atom. The van der Waals surface area contributed by atoms with Crippen molar-refractivity contribution in [3.8, 4) is 0 Å². The second-order valence-corrected chi connectivity index (χ2v) is 4.75. The van der Waals surface area contributed by atoms with Crippen molar-refractivity contribution in [3.05, 3.63) is 0 Å². The topological polar surface area (TPSA) is 58.2 Å². The summed E-state index contributed by atoms with van der Waals surface area (Å²) in [6.07, 6.45) is 0.902. The summed E-state index contributed by atoms with van der Waals surface area (Å²) >= 11 is 0. The maximum atomic E-state index is 11.0. The van der Waals surface area contributed by atoms with E-state index in [0.717, 1.165) is 19.5 Å². The Bertz CT molecular complexity index is 212. The number of rotatable bonds is 3. The molecule has 1 saturated heterocycles. The van der Waals surface area contributed by atoms with Crippen LogP contribution in [-0.2, 0) is 10.0 Å². The Morgan fingerprint density at radius 1 is 1.58 bits per heavy atom. The van der Waals surface area contributed by atoms with E-state index in [4.69, 9.17) is 0 Å². The fourth-order valence-corrected chi connectivity index (χ4v) is 1.97. The molecule has 1 fully saturated rings. The summed E-state index contributed by atoms with van der Waals surface area (Å²) in [5, 5.41) is 3.09. The molecule has 74 valence electrons. The lowest BCUT2D eigenvalue weighted by Crippen LogP contribution is -2.37. The SMILES string of the molecule is CCS(=O)(=O)N[C@@H]1CCNC1.Cl. The van der Waals surface area contributed by atoms with Crippen molar-refractivity contribution in [2.45, 2.75) is 19.4 Å². The van der Waals surface area contributed by atoms with E-state index in [9.17, 15) is 8.42 Å². The maximum absolute atomic E-state index is 11.0. The van der Waals surface area contributed by atoms with Gasteiger partial charge in [-0.05, 0) is 19.9 Å². The predicted octanol–water partition coefficient (Wildman–Crippen LogP) is -0.291. The predicted molar refractivity (Wildman–Crippen MR) is 51.1 cm³/mol. The smallest absolute Gasteiger partial charge is 0.211 e. The molecule has 0 aromatic rings. The minimum absolute atomic E-state index is 0. The molecule has 1 atom stereocenters. The molecule has 0 unspecified atom stereocenters. The van der Waals surface area contributed by atoms with Gasteiger partial charge in [-0.1, -0.05) is 0 Å². The van der Waals surface area contributed by atoms with Crippen LogP contribution in [0.2, 0.25) is 0 Å². The first-order valence-corrected chi connectivity index (χ1v) is 5.50. The largest absolute Gasteiger partial charge is 0.315 e. The molecule has 1 heterocycles. The molecule has 0 amide bonds. The Balaban J connectivity index is 0.00000121.